The third-order valence-electron chi connectivity index (χ3n) is 12.4. The Morgan fingerprint density at radius 1 is 0.946 bits per heavy atom. The van der Waals surface area contributed by atoms with Crippen molar-refractivity contribution in [3.05, 3.63) is 111 Å². The van der Waals surface area contributed by atoms with E-state index in [1.165, 1.54) is 31.3 Å². The number of halogens is 1. The number of esters is 1. The predicted octanol–water partition coefficient (Wildman–Crippen LogP) is 4.94. The smallest absolute Gasteiger partial charge is 0.378 e. The van der Waals surface area contributed by atoms with E-state index in [1.54, 1.807) is 95.8 Å². The molecule has 19 nitrogen and oxygen atoms in total. The zero-order chi connectivity index (χ0) is 53.5. The van der Waals surface area contributed by atoms with Crippen molar-refractivity contribution in [2.24, 2.45) is 5.16 Å². The number of thiazole rings is 1. The summed E-state index contributed by atoms with van der Waals surface area (Å²) in [5.41, 5.74) is -1.09. The van der Waals surface area contributed by atoms with Gasteiger partial charge in [0.05, 0.1) is 62.0 Å². The van der Waals surface area contributed by atoms with Gasteiger partial charge in [-0.2, -0.15) is 0 Å². The van der Waals surface area contributed by atoms with Gasteiger partial charge in [-0.25, -0.2) is 19.0 Å². The van der Waals surface area contributed by atoms with Gasteiger partial charge in [0.1, 0.15) is 59.7 Å². The highest BCUT2D eigenvalue weighted by molar-refractivity contribution is 7.86. The molecule has 7 rings (SSSR count). The quantitative estimate of drug-likeness (QED) is 0.0282. The number of nitrogens with one attached hydrogen (secondary N) is 2. The first-order valence-corrected chi connectivity index (χ1v) is 26.0. The number of aryl methyl sites for hydroxylation is 1. The van der Waals surface area contributed by atoms with Crippen molar-refractivity contribution in [3.8, 4) is 23.0 Å². The van der Waals surface area contributed by atoms with Crippen LogP contribution in [0.1, 0.15) is 79.6 Å². The number of likely N-dealkylation sites (tertiary alicyclic amines) is 1. The summed E-state index contributed by atoms with van der Waals surface area (Å²) < 4.78 is 63.2. The molecule has 3 aliphatic rings. The molecular formula is C51H59BFN6O13S2+. The standard InChI is InChI=1S/C51H58BFN6O13S2/c1-30-55-38(28-73-30)40(57-72-51(5,6)49(64)70-50(2,3)4)45(61)56-41-46(62)58-42(48(63)71-52)34(29-74(65)47(41)58)25-59(20-9-10-21-59)22-19-54-44(60)33-23-37(53)43(69-27-32-13-17-36(67-8)18-14-32)39(24-33)68-26-31-11-15-35(66-7)16-12-31/h11-18,23-24,28,41,47H,9-10,19-22,25-27,29H2,1-8H3,(H-,54,56,60,61)/p+1/b57-40-/t41-,47-,74?/m1/s1. The Labute approximate surface area is 436 Å². The largest absolute Gasteiger partial charge is 0.539 e. The molecule has 3 atom stereocenters. The second-order valence-electron chi connectivity index (χ2n) is 19.4. The third-order valence-corrected chi connectivity index (χ3v) is 14.8. The summed E-state index contributed by atoms with van der Waals surface area (Å²) in [6.45, 7) is 11.5. The molecule has 1 unspecified atom stereocenters. The van der Waals surface area contributed by atoms with Crippen molar-refractivity contribution in [2.45, 2.75) is 90.2 Å². The van der Waals surface area contributed by atoms with Crippen molar-refractivity contribution in [3.63, 3.8) is 0 Å². The van der Waals surface area contributed by atoms with E-state index in [9.17, 15) is 28.2 Å². The summed E-state index contributed by atoms with van der Waals surface area (Å²) >= 11 is 1.22. The minimum atomic E-state index is -1.86. The number of rotatable bonds is 21. The fraction of sp³-hybridized carbons (Fsp3) is 0.431. The first kappa shape index (κ1) is 54.9. The van der Waals surface area contributed by atoms with Crippen LogP contribution in [-0.2, 0) is 57.4 Å². The van der Waals surface area contributed by atoms with E-state index in [0.717, 1.165) is 34.9 Å². The number of nitrogens with zero attached hydrogens (tertiary/aromatic N) is 4. The lowest BCUT2D eigenvalue weighted by Gasteiger charge is -2.50. The van der Waals surface area contributed by atoms with Crippen LogP contribution in [0.3, 0.4) is 0 Å². The predicted molar refractivity (Wildman–Crippen MR) is 271 cm³/mol. The Morgan fingerprint density at radius 3 is 2.14 bits per heavy atom. The topological polar surface area (TPSA) is 220 Å². The number of hydrogen-bond acceptors (Lipinski definition) is 16. The summed E-state index contributed by atoms with van der Waals surface area (Å²) in [6, 6.07) is 15.4. The van der Waals surface area contributed by atoms with E-state index in [4.69, 9.17) is 36.6 Å². The van der Waals surface area contributed by atoms with Crippen LogP contribution in [-0.4, -0.2) is 137 Å². The Balaban J connectivity index is 1.06. The molecule has 74 heavy (non-hydrogen) atoms. The highest BCUT2D eigenvalue weighted by atomic mass is 32.2. The SMILES string of the molecule is [B]OC(=O)C1=C(C[N+]2(CCNC(=O)c3cc(F)c(OCc4ccc(OC)cc4)c(OCc4ccc(OC)cc4)c3)CCCC2)CS(=O)[C@@H]2[C@H](NC(=O)/C(=N\OC(C)(C)C(=O)OC(C)(C)C)c3csc(C)n3)C(=O)N12. The van der Waals surface area contributed by atoms with E-state index in [0.29, 0.717) is 46.2 Å². The maximum Gasteiger partial charge on any atom is 0.378 e. The lowest BCUT2D eigenvalue weighted by molar-refractivity contribution is -0.911. The van der Waals surface area contributed by atoms with E-state index >= 15 is 4.39 Å². The molecule has 3 aromatic carbocycles. The Morgan fingerprint density at radius 2 is 1.57 bits per heavy atom. The number of aromatic nitrogens is 1. The number of quaternary nitrogens is 1. The number of fused-ring (bicyclic) bond motifs is 1. The Bertz CT molecular complexity index is 2850. The van der Waals surface area contributed by atoms with E-state index in [2.05, 4.69) is 25.4 Å². The van der Waals surface area contributed by atoms with Crippen LogP contribution < -0.4 is 29.6 Å². The summed E-state index contributed by atoms with van der Waals surface area (Å²) in [6.07, 6.45) is 1.61. The maximum atomic E-state index is 16.0. The minimum Gasteiger partial charge on any atom is -0.539 e. The molecule has 2 radical (unpaired) electrons. The zero-order valence-corrected chi connectivity index (χ0v) is 44.1. The molecule has 23 heteroatoms. The Kier molecular flexibility index (Phi) is 17.2. The number of methoxy groups -OCH3 is 2. The van der Waals surface area contributed by atoms with Gasteiger partial charge in [-0.15, -0.1) is 11.3 Å². The molecule has 0 bridgehead atoms. The van der Waals surface area contributed by atoms with Gasteiger partial charge in [-0.05, 0) is 89.1 Å². The first-order chi connectivity index (χ1) is 35.1. The van der Waals surface area contributed by atoms with Crippen LogP contribution in [0.25, 0.3) is 0 Å². The molecule has 0 aliphatic carbocycles. The number of oxime groups is 1. The number of amides is 3. The monoisotopic (exact) mass is 1060 g/mol. The molecule has 0 saturated carbocycles. The van der Waals surface area contributed by atoms with E-state index in [1.807, 2.05) is 0 Å². The summed E-state index contributed by atoms with van der Waals surface area (Å²) in [4.78, 5) is 79.2. The summed E-state index contributed by atoms with van der Waals surface area (Å²) in [5.74, 6) is -3.88. The first-order valence-electron chi connectivity index (χ1n) is 23.7. The van der Waals surface area contributed by atoms with Crippen LogP contribution in [0.4, 0.5) is 4.39 Å². The van der Waals surface area contributed by atoms with Crippen molar-refractivity contribution >= 4 is 65.6 Å². The van der Waals surface area contributed by atoms with E-state index < -0.39 is 68.9 Å². The van der Waals surface area contributed by atoms with Crippen LogP contribution in [0.5, 0.6) is 23.0 Å². The molecule has 2 saturated heterocycles. The molecule has 1 aromatic heterocycles. The fourth-order valence-electron chi connectivity index (χ4n) is 8.59. The number of carbonyl (C=O) groups excluding carboxylic acids is 5. The second kappa shape index (κ2) is 23.1. The summed E-state index contributed by atoms with van der Waals surface area (Å²) in [5, 5.41) is 10.5. The molecule has 392 valence electrons. The number of ether oxygens (including phenoxy) is 5. The Hall–Kier alpha value is -6.85. The van der Waals surface area contributed by atoms with Crippen molar-refractivity contribution in [2.75, 3.05) is 52.7 Å². The molecule has 3 aliphatic heterocycles. The van der Waals surface area contributed by atoms with Crippen LogP contribution in [0.15, 0.2) is 82.5 Å². The number of hydrogen-bond donors (Lipinski definition) is 2. The fourth-order valence-corrected chi connectivity index (χ4v) is 10.9. The van der Waals surface area contributed by atoms with Gasteiger partial charge in [0, 0.05) is 29.4 Å². The third kappa shape index (κ3) is 12.9. The highest BCUT2D eigenvalue weighted by Gasteiger charge is 2.58. The summed E-state index contributed by atoms with van der Waals surface area (Å²) in [7, 11) is 6.69. The molecule has 2 N–H and O–H groups in total. The van der Waals surface area contributed by atoms with Gasteiger partial charge in [0.15, 0.2) is 23.0 Å². The van der Waals surface area contributed by atoms with Crippen molar-refractivity contribution in [1.82, 2.24) is 20.5 Å². The van der Waals surface area contributed by atoms with Gasteiger partial charge in [0.2, 0.25) is 5.60 Å². The molecule has 4 heterocycles. The van der Waals surface area contributed by atoms with E-state index in [-0.39, 0.29) is 66.2 Å². The number of β-lactam (4-membered cyclic amide) rings is 1. The van der Waals surface area contributed by atoms with Crippen LogP contribution >= 0.6 is 11.3 Å². The normalized spacial score (nSPS) is 18.4. The zero-order valence-electron chi connectivity index (χ0n) is 42.4. The van der Waals surface area contributed by atoms with Crippen LogP contribution in [0.2, 0.25) is 0 Å². The maximum absolute atomic E-state index is 16.0. The lowest BCUT2D eigenvalue weighted by Crippen LogP contribution is -2.74. The minimum absolute atomic E-state index is 0.00205. The van der Waals surface area contributed by atoms with Gasteiger partial charge < -0.3 is 48.3 Å². The second-order valence-corrected chi connectivity index (χ2v) is 22.0. The van der Waals surface area contributed by atoms with Gasteiger partial charge in [-0.3, -0.25) is 23.5 Å². The molecule has 0 spiro atoms. The number of carbonyl (C=O) groups is 5. The molecule has 2 fully saturated rings. The average molecular weight is 1060 g/mol. The highest BCUT2D eigenvalue weighted by Crippen LogP contribution is 2.38. The number of benzene rings is 3. The average Bonchev–Trinajstić information content (AvgIpc) is 4.02. The van der Waals surface area contributed by atoms with Gasteiger partial charge in [-0.1, -0.05) is 29.4 Å². The van der Waals surface area contributed by atoms with Crippen molar-refractivity contribution < 1.29 is 70.2 Å². The van der Waals surface area contributed by atoms with Gasteiger partial charge in [0.25, 0.3) is 17.7 Å². The lowest BCUT2D eigenvalue weighted by atomic mass is 10.0. The molecule has 4 aromatic rings. The molecular weight excluding hydrogens is 999 g/mol. The van der Waals surface area contributed by atoms with Crippen molar-refractivity contribution in [1.29, 1.82) is 0 Å². The van der Waals surface area contributed by atoms with Crippen LogP contribution in [0, 0.1) is 12.7 Å². The van der Waals surface area contributed by atoms with Gasteiger partial charge >= 0.3 is 20.0 Å². The molecule has 3 amide bonds.